The highest BCUT2D eigenvalue weighted by Crippen LogP contribution is 2.16. The van der Waals surface area contributed by atoms with Crippen LogP contribution in [0.4, 0.5) is 0 Å². The van der Waals surface area contributed by atoms with Crippen LogP contribution in [0, 0.1) is 0 Å². The molecule has 2 heteroatoms. The molecule has 0 aliphatic carbocycles. The van der Waals surface area contributed by atoms with Crippen molar-refractivity contribution < 1.29 is 4.79 Å². The molecule has 51 valence electrons. The summed E-state index contributed by atoms with van der Waals surface area (Å²) in [6, 6.07) is 0.488. The van der Waals surface area contributed by atoms with Crippen molar-refractivity contribution in [2.24, 2.45) is 0 Å². The Kier molecular flexibility index (Phi) is 2.09. The Labute approximate surface area is 55.8 Å². The van der Waals surface area contributed by atoms with Crippen molar-refractivity contribution in [2.45, 2.75) is 32.2 Å². The number of likely N-dealkylation sites (tertiary alicyclic amines) is 1. The van der Waals surface area contributed by atoms with E-state index in [9.17, 15) is 4.79 Å². The fourth-order valence-corrected chi connectivity index (χ4v) is 1.38. The van der Waals surface area contributed by atoms with Crippen LogP contribution >= 0.6 is 0 Å². The van der Waals surface area contributed by atoms with Crippen molar-refractivity contribution in [2.75, 3.05) is 6.54 Å². The molecule has 1 unspecified atom stereocenters. The molecule has 1 aliphatic rings. The zero-order valence-corrected chi connectivity index (χ0v) is 5.76. The third-order valence-corrected chi connectivity index (χ3v) is 1.97. The minimum Gasteiger partial charge on any atom is -0.331 e. The number of carbonyl (C=O) groups excluding carboxylic acids is 1. The molecule has 0 saturated carbocycles. The van der Waals surface area contributed by atoms with Gasteiger partial charge >= 0.3 is 6.41 Å². The average molecular weight is 126 g/mol. The summed E-state index contributed by atoms with van der Waals surface area (Å²) in [5.41, 5.74) is 0. The zero-order chi connectivity index (χ0) is 6.69. The quantitative estimate of drug-likeness (QED) is 0.539. The summed E-state index contributed by atoms with van der Waals surface area (Å²) in [5, 5.41) is 0. The van der Waals surface area contributed by atoms with Crippen molar-refractivity contribution in [1.29, 1.82) is 0 Å². The molecule has 1 atom stereocenters. The normalized spacial score (nSPS) is 26.8. The first-order valence-corrected chi connectivity index (χ1v) is 3.53. The third kappa shape index (κ3) is 1.23. The van der Waals surface area contributed by atoms with Crippen molar-refractivity contribution in [1.82, 2.24) is 4.90 Å². The Balaban J connectivity index is 2.41. The summed E-state index contributed by atoms with van der Waals surface area (Å²) in [6.45, 7) is 3.03. The zero-order valence-electron chi connectivity index (χ0n) is 5.76. The van der Waals surface area contributed by atoms with E-state index in [1.54, 1.807) is 4.90 Å². The van der Waals surface area contributed by atoms with Crippen LogP contribution in [-0.4, -0.2) is 23.9 Å². The highest BCUT2D eigenvalue weighted by atomic mass is 16.1. The number of rotatable bonds is 2. The monoisotopic (exact) mass is 126 g/mol. The van der Waals surface area contributed by atoms with Gasteiger partial charge in [0.25, 0.3) is 0 Å². The van der Waals surface area contributed by atoms with E-state index in [0.717, 1.165) is 19.4 Å². The van der Waals surface area contributed by atoms with Crippen LogP contribution in [0.15, 0.2) is 0 Å². The van der Waals surface area contributed by atoms with Gasteiger partial charge in [-0.1, -0.05) is 6.92 Å². The second kappa shape index (κ2) is 2.85. The summed E-state index contributed by atoms with van der Waals surface area (Å²) >= 11 is 0. The van der Waals surface area contributed by atoms with Crippen LogP contribution in [-0.2, 0) is 4.79 Å². The summed E-state index contributed by atoms with van der Waals surface area (Å²) in [6.07, 6.45) is 5.36. The SMILES string of the molecule is CCC1CCCN1[C]=O. The van der Waals surface area contributed by atoms with E-state index < -0.39 is 0 Å². The molecule has 1 aliphatic heterocycles. The molecular formula is C7H12NO. The topological polar surface area (TPSA) is 20.3 Å². The van der Waals surface area contributed by atoms with E-state index in [2.05, 4.69) is 6.92 Å². The van der Waals surface area contributed by atoms with Crippen LogP contribution in [0.3, 0.4) is 0 Å². The summed E-state index contributed by atoms with van der Waals surface area (Å²) in [7, 11) is 0. The van der Waals surface area contributed by atoms with Gasteiger partial charge in [0, 0.05) is 12.6 Å². The van der Waals surface area contributed by atoms with Gasteiger partial charge in [0.2, 0.25) is 0 Å². The molecule has 1 heterocycles. The van der Waals surface area contributed by atoms with Gasteiger partial charge in [-0.25, -0.2) is 0 Å². The molecule has 1 amide bonds. The molecule has 1 radical (unpaired) electrons. The molecule has 1 rings (SSSR count). The Morgan fingerprint density at radius 3 is 3.00 bits per heavy atom. The third-order valence-electron chi connectivity index (χ3n) is 1.97. The molecule has 0 aromatic carbocycles. The Bertz CT molecular complexity index is 103. The van der Waals surface area contributed by atoms with Gasteiger partial charge in [-0.05, 0) is 19.3 Å². The van der Waals surface area contributed by atoms with E-state index in [1.807, 2.05) is 6.41 Å². The van der Waals surface area contributed by atoms with Crippen LogP contribution < -0.4 is 0 Å². The molecule has 1 fully saturated rings. The maximum absolute atomic E-state index is 10.2. The van der Waals surface area contributed by atoms with Gasteiger partial charge in [-0.2, -0.15) is 0 Å². The van der Waals surface area contributed by atoms with Gasteiger partial charge in [0.05, 0.1) is 0 Å². The molecule has 9 heavy (non-hydrogen) atoms. The van der Waals surface area contributed by atoms with Crippen LogP contribution in [0.25, 0.3) is 0 Å². The van der Waals surface area contributed by atoms with E-state index in [0.29, 0.717) is 6.04 Å². The summed E-state index contributed by atoms with van der Waals surface area (Å²) < 4.78 is 0. The van der Waals surface area contributed by atoms with Crippen molar-refractivity contribution in [3.05, 3.63) is 0 Å². The predicted octanol–water partition coefficient (Wildman–Crippen LogP) is 0.928. The smallest absolute Gasteiger partial charge is 0.312 e. The maximum atomic E-state index is 10.2. The highest BCUT2D eigenvalue weighted by molar-refractivity contribution is 5.49. The standard InChI is InChI=1S/C7H12NO/c1-2-7-4-3-5-8(7)6-9/h7H,2-5H2,1H3. The maximum Gasteiger partial charge on any atom is 0.312 e. The molecule has 0 aromatic heterocycles. The second-order valence-electron chi connectivity index (χ2n) is 2.49. The largest absolute Gasteiger partial charge is 0.331 e. The van der Waals surface area contributed by atoms with Gasteiger partial charge in [0.1, 0.15) is 0 Å². The lowest BCUT2D eigenvalue weighted by atomic mass is 10.2. The van der Waals surface area contributed by atoms with Crippen molar-refractivity contribution in [3.63, 3.8) is 0 Å². The Morgan fingerprint density at radius 1 is 1.78 bits per heavy atom. The van der Waals surface area contributed by atoms with Gasteiger partial charge in [0.15, 0.2) is 0 Å². The van der Waals surface area contributed by atoms with Gasteiger partial charge in [-0.3, -0.25) is 4.79 Å². The first kappa shape index (κ1) is 6.59. The minimum absolute atomic E-state index is 0.488. The van der Waals surface area contributed by atoms with E-state index in [4.69, 9.17) is 0 Å². The predicted molar refractivity (Wildman–Crippen MR) is 35.7 cm³/mol. The van der Waals surface area contributed by atoms with Crippen LogP contribution in [0.1, 0.15) is 26.2 Å². The average Bonchev–Trinajstić information content (AvgIpc) is 2.33. The molecule has 2 nitrogen and oxygen atoms in total. The highest BCUT2D eigenvalue weighted by Gasteiger charge is 2.20. The van der Waals surface area contributed by atoms with Crippen molar-refractivity contribution >= 4 is 6.41 Å². The first-order chi connectivity index (χ1) is 4.38. The number of amides is 1. The molecule has 0 spiro atoms. The summed E-state index contributed by atoms with van der Waals surface area (Å²) in [5.74, 6) is 0. The van der Waals surface area contributed by atoms with E-state index in [-0.39, 0.29) is 0 Å². The fraction of sp³-hybridized carbons (Fsp3) is 0.857. The lowest BCUT2D eigenvalue weighted by Crippen LogP contribution is -2.26. The van der Waals surface area contributed by atoms with Crippen LogP contribution in [0.2, 0.25) is 0 Å². The molecule has 0 aromatic rings. The summed E-state index contributed by atoms with van der Waals surface area (Å²) in [4.78, 5) is 12.0. The lowest BCUT2D eigenvalue weighted by Gasteiger charge is -2.15. The Morgan fingerprint density at radius 2 is 2.56 bits per heavy atom. The van der Waals surface area contributed by atoms with E-state index >= 15 is 0 Å². The first-order valence-electron chi connectivity index (χ1n) is 3.53. The number of hydrogen-bond donors (Lipinski definition) is 0. The molecule has 0 N–H and O–H groups in total. The second-order valence-corrected chi connectivity index (χ2v) is 2.49. The van der Waals surface area contributed by atoms with Crippen LogP contribution in [0.5, 0.6) is 0 Å². The number of hydrogen-bond acceptors (Lipinski definition) is 1. The molecule has 0 bridgehead atoms. The molecular weight excluding hydrogens is 114 g/mol. The lowest BCUT2D eigenvalue weighted by molar-refractivity contribution is 0.350. The van der Waals surface area contributed by atoms with Gasteiger partial charge in [-0.15, -0.1) is 0 Å². The Hall–Kier alpha value is -0.530. The number of nitrogens with zero attached hydrogens (tertiary/aromatic N) is 1. The fourth-order valence-electron chi connectivity index (χ4n) is 1.38. The van der Waals surface area contributed by atoms with E-state index in [1.165, 1.54) is 6.42 Å². The van der Waals surface area contributed by atoms with Gasteiger partial charge < -0.3 is 4.90 Å². The molecule has 1 saturated heterocycles. The van der Waals surface area contributed by atoms with Crippen molar-refractivity contribution in [3.8, 4) is 0 Å². The minimum atomic E-state index is 0.488.